The van der Waals surface area contributed by atoms with Crippen molar-refractivity contribution in [3.05, 3.63) is 58.6 Å². The fourth-order valence-electron chi connectivity index (χ4n) is 2.24. The molecule has 3 aromatic rings. The second-order valence-electron chi connectivity index (χ2n) is 5.49. The Hall–Kier alpha value is -2.65. The normalized spacial score (nSPS) is 10.5. The molecule has 1 heterocycles. The van der Waals surface area contributed by atoms with Crippen LogP contribution in [0.3, 0.4) is 0 Å². The minimum atomic E-state index is -0.395. The van der Waals surface area contributed by atoms with Crippen LogP contribution in [0.4, 0.5) is 5.69 Å². The molecule has 0 unspecified atom stereocenters. The van der Waals surface area contributed by atoms with Gasteiger partial charge in [-0.25, -0.2) is 4.79 Å². The molecule has 0 aliphatic rings. The number of hydrogen-bond acceptors (Lipinski definition) is 7. The van der Waals surface area contributed by atoms with E-state index in [0.717, 1.165) is 21.8 Å². The number of carbonyl (C=O) groups is 2. The van der Waals surface area contributed by atoms with Crippen LogP contribution in [0.15, 0.2) is 62.6 Å². The van der Waals surface area contributed by atoms with Crippen molar-refractivity contribution in [2.45, 2.75) is 12.1 Å². The maximum atomic E-state index is 12.1. The van der Waals surface area contributed by atoms with Crippen molar-refractivity contribution in [3.8, 4) is 11.5 Å². The van der Waals surface area contributed by atoms with Crippen molar-refractivity contribution in [1.82, 2.24) is 10.2 Å². The molecule has 0 saturated heterocycles. The molecular formula is C19H16BrN3O4S. The highest BCUT2D eigenvalue weighted by Gasteiger charge is 2.13. The largest absolute Gasteiger partial charge is 0.462 e. The summed E-state index contributed by atoms with van der Waals surface area (Å²) in [6.45, 7) is 2.06. The summed E-state index contributed by atoms with van der Waals surface area (Å²) in [5.41, 5.74) is 1.80. The SMILES string of the molecule is CCOC(=O)c1ccc(NC(=O)CSc2nnc(-c3ccccc3Br)o2)cc1. The molecule has 0 radical (unpaired) electrons. The molecule has 1 N–H and O–H groups in total. The first-order valence-electron chi connectivity index (χ1n) is 8.35. The van der Waals surface area contributed by atoms with Crippen LogP contribution in [0.1, 0.15) is 17.3 Å². The highest BCUT2D eigenvalue weighted by atomic mass is 79.9. The average molecular weight is 462 g/mol. The Bertz CT molecular complexity index is 975. The van der Waals surface area contributed by atoms with Gasteiger partial charge in [-0.1, -0.05) is 23.9 Å². The monoisotopic (exact) mass is 461 g/mol. The Labute approximate surface area is 174 Å². The van der Waals surface area contributed by atoms with E-state index in [1.54, 1.807) is 31.2 Å². The first kappa shape index (κ1) is 20.1. The molecule has 0 fully saturated rings. The number of nitrogens with one attached hydrogen (secondary N) is 1. The van der Waals surface area contributed by atoms with Crippen LogP contribution in [0, 0.1) is 0 Å². The van der Waals surface area contributed by atoms with Crippen molar-refractivity contribution in [2.24, 2.45) is 0 Å². The van der Waals surface area contributed by atoms with Crippen molar-refractivity contribution >= 4 is 45.3 Å². The lowest BCUT2D eigenvalue weighted by Gasteiger charge is -2.05. The van der Waals surface area contributed by atoms with E-state index < -0.39 is 5.97 Å². The fraction of sp³-hybridized carbons (Fsp3) is 0.158. The number of esters is 1. The molecule has 0 aliphatic carbocycles. The number of hydrogen-bond donors (Lipinski definition) is 1. The van der Waals surface area contributed by atoms with Crippen LogP contribution in [-0.2, 0) is 9.53 Å². The van der Waals surface area contributed by atoms with Crippen molar-refractivity contribution in [2.75, 3.05) is 17.7 Å². The summed E-state index contributed by atoms with van der Waals surface area (Å²) < 4.78 is 11.4. The third kappa shape index (κ3) is 5.20. The van der Waals surface area contributed by atoms with Crippen LogP contribution >= 0.6 is 27.7 Å². The molecule has 0 spiro atoms. The standard InChI is InChI=1S/C19H16BrN3O4S/c1-2-26-18(25)12-7-9-13(10-8-12)21-16(24)11-28-19-23-22-17(27-19)14-5-3-4-6-15(14)20/h3-10H,2,11H2,1H3,(H,21,24). The Morgan fingerprint density at radius 3 is 2.61 bits per heavy atom. The van der Waals surface area contributed by atoms with Crippen molar-refractivity contribution < 1.29 is 18.7 Å². The third-order valence-corrected chi connectivity index (χ3v) is 5.03. The number of halogens is 1. The van der Waals surface area contributed by atoms with Gasteiger partial charge in [0.2, 0.25) is 11.8 Å². The van der Waals surface area contributed by atoms with Gasteiger partial charge < -0.3 is 14.5 Å². The summed E-state index contributed by atoms with van der Waals surface area (Å²) in [4.78, 5) is 23.7. The van der Waals surface area contributed by atoms with Crippen LogP contribution in [0.5, 0.6) is 0 Å². The lowest BCUT2D eigenvalue weighted by molar-refractivity contribution is -0.113. The maximum Gasteiger partial charge on any atom is 0.338 e. The van der Waals surface area contributed by atoms with Gasteiger partial charge in [0.25, 0.3) is 5.22 Å². The zero-order valence-corrected chi connectivity index (χ0v) is 17.2. The number of aromatic nitrogens is 2. The number of rotatable bonds is 7. The van der Waals surface area contributed by atoms with E-state index in [1.165, 1.54) is 0 Å². The second-order valence-corrected chi connectivity index (χ2v) is 7.27. The van der Waals surface area contributed by atoms with Gasteiger partial charge in [-0.05, 0) is 59.3 Å². The van der Waals surface area contributed by atoms with Crippen molar-refractivity contribution in [1.29, 1.82) is 0 Å². The topological polar surface area (TPSA) is 94.3 Å². The quantitative estimate of drug-likeness (QED) is 0.411. The van der Waals surface area contributed by atoms with Crippen LogP contribution in [0.25, 0.3) is 11.5 Å². The number of anilines is 1. The van der Waals surface area contributed by atoms with E-state index in [1.807, 2.05) is 24.3 Å². The smallest absolute Gasteiger partial charge is 0.338 e. The Morgan fingerprint density at radius 1 is 1.14 bits per heavy atom. The Kier molecular flexibility index (Phi) is 6.83. The molecule has 28 heavy (non-hydrogen) atoms. The molecule has 3 rings (SSSR count). The molecule has 0 bridgehead atoms. The second kappa shape index (κ2) is 9.52. The summed E-state index contributed by atoms with van der Waals surface area (Å²) in [5, 5.41) is 11.0. The summed E-state index contributed by atoms with van der Waals surface area (Å²) >= 11 is 4.58. The molecule has 0 atom stereocenters. The van der Waals surface area contributed by atoms with Gasteiger partial charge in [-0.3, -0.25) is 4.79 Å². The van der Waals surface area contributed by atoms with Crippen LogP contribution in [0.2, 0.25) is 0 Å². The number of thioether (sulfide) groups is 1. The van der Waals surface area contributed by atoms with Gasteiger partial charge in [0.15, 0.2) is 0 Å². The molecule has 9 heteroatoms. The van der Waals surface area contributed by atoms with E-state index >= 15 is 0 Å². The van der Waals surface area contributed by atoms with E-state index in [-0.39, 0.29) is 11.7 Å². The lowest BCUT2D eigenvalue weighted by Crippen LogP contribution is -2.14. The molecule has 0 saturated carbocycles. The van der Waals surface area contributed by atoms with E-state index in [2.05, 4.69) is 31.4 Å². The minimum Gasteiger partial charge on any atom is -0.462 e. The predicted octanol–water partition coefficient (Wildman–Crippen LogP) is 4.41. The lowest BCUT2D eigenvalue weighted by atomic mass is 10.2. The summed E-state index contributed by atoms with van der Waals surface area (Å²) in [5.74, 6) is -0.135. The van der Waals surface area contributed by atoms with Gasteiger partial charge in [0.05, 0.1) is 23.5 Å². The Morgan fingerprint density at radius 2 is 1.89 bits per heavy atom. The molecule has 1 aromatic heterocycles. The van der Waals surface area contributed by atoms with Gasteiger partial charge in [0.1, 0.15) is 0 Å². The highest BCUT2D eigenvalue weighted by molar-refractivity contribution is 9.10. The fourth-order valence-corrected chi connectivity index (χ4v) is 3.26. The zero-order chi connectivity index (χ0) is 19.9. The molecule has 2 aromatic carbocycles. The molecule has 7 nitrogen and oxygen atoms in total. The van der Waals surface area contributed by atoms with Crippen LogP contribution in [-0.4, -0.2) is 34.4 Å². The van der Waals surface area contributed by atoms with Gasteiger partial charge in [-0.2, -0.15) is 0 Å². The summed E-state index contributed by atoms with van der Waals surface area (Å²) in [7, 11) is 0. The number of benzene rings is 2. The van der Waals surface area contributed by atoms with Gasteiger partial charge in [0, 0.05) is 10.2 Å². The number of carbonyl (C=O) groups excluding carboxylic acids is 2. The van der Waals surface area contributed by atoms with E-state index in [9.17, 15) is 9.59 Å². The first-order chi connectivity index (χ1) is 13.6. The molecule has 144 valence electrons. The van der Waals surface area contributed by atoms with Crippen molar-refractivity contribution in [3.63, 3.8) is 0 Å². The third-order valence-electron chi connectivity index (χ3n) is 3.52. The zero-order valence-electron chi connectivity index (χ0n) is 14.8. The number of nitrogens with zero attached hydrogens (tertiary/aromatic N) is 2. The van der Waals surface area contributed by atoms with Gasteiger partial charge >= 0.3 is 5.97 Å². The Balaban J connectivity index is 1.54. The molecular weight excluding hydrogens is 446 g/mol. The predicted molar refractivity (Wildman–Crippen MR) is 109 cm³/mol. The number of ether oxygens (including phenoxy) is 1. The average Bonchev–Trinajstić information content (AvgIpc) is 3.16. The highest BCUT2D eigenvalue weighted by Crippen LogP contribution is 2.29. The van der Waals surface area contributed by atoms with Crippen LogP contribution < -0.4 is 5.32 Å². The summed E-state index contributed by atoms with van der Waals surface area (Å²) in [6, 6.07) is 14.0. The summed E-state index contributed by atoms with van der Waals surface area (Å²) in [6.07, 6.45) is 0. The van der Waals surface area contributed by atoms with Gasteiger partial charge in [-0.15, -0.1) is 10.2 Å². The number of amides is 1. The molecule has 1 amide bonds. The first-order valence-corrected chi connectivity index (χ1v) is 10.1. The van der Waals surface area contributed by atoms with E-state index in [0.29, 0.717) is 29.0 Å². The van der Waals surface area contributed by atoms with E-state index in [4.69, 9.17) is 9.15 Å². The minimum absolute atomic E-state index is 0.108. The molecule has 0 aliphatic heterocycles. The maximum absolute atomic E-state index is 12.1.